The van der Waals surface area contributed by atoms with Gasteiger partial charge < -0.3 is 10.2 Å². The van der Waals surface area contributed by atoms with Gasteiger partial charge in [0.1, 0.15) is 6.04 Å². The Hall–Kier alpha value is -2.71. The molecule has 0 radical (unpaired) electrons. The standard InChI is InChI=1S/C22H27N3O4S/c1-18(26)25-13-12-24(14-15-30(28,29)20-10-6-3-7-11-20)17-21(25)22(27)23-16-19-8-4-2-5-9-19/h2-11,21H,12-17H2,1H3,(H,23,27). The fourth-order valence-electron chi connectivity index (χ4n) is 3.54. The van der Waals surface area contributed by atoms with Crippen molar-refractivity contribution in [1.29, 1.82) is 0 Å². The van der Waals surface area contributed by atoms with Gasteiger partial charge in [-0.2, -0.15) is 0 Å². The molecule has 160 valence electrons. The summed E-state index contributed by atoms with van der Waals surface area (Å²) in [4.78, 5) is 28.6. The SMILES string of the molecule is CC(=O)N1CCN(CCS(=O)(=O)c2ccccc2)CC1C(=O)NCc1ccccc1. The van der Waals surface area contributed by atoms with Crippen molar-refractivity contribution in [3.63, 3.8) is 0 Å². The summed E-state index contributed by atoms with van der Waals surface area (Å²) in [6.07, 6.45) is 0. The molecule has 2 amide bonds. The molecule has 30 heavy (non-hydrogen) atoms. The van der Waals surface area contributed by atoms with Gasteiger partial charge >= 0.3 is 0 Å². The number of carbonyl (C=O) groups is 2. The van der Waals surface area contributed by atoms with Crippen LogP contribution in [0.3, 0.4) is 0 Å². The quantitative estimate of drug-likeness (QED) is 0.717. The zero-order chi connectivity index (χ0) is 21.6. The van der Waals surface area contributed by atoms with Crippen molar-refractivity contribution >= 4 is 21.7 Å². The number of hydrogen-bond acceptors (Lipinski definition) is 5. The number of benzene rings is 2. The maximum Gasteiger partial charge on any atom is 0.244 e. The largest absolute Gasteiger partial charge is 0.350 e. The summed E-state index contributed by atoms with van der Waals surface area (Å²) in [5.74, 6) is -0.425. The van der Waals surface area contributed by atoms with Crippen LogP contribution >= 0.6 is 0 Å². The molecule has 2 aromatic rings. The third kappa shape index (κ3) is 5.67. The van der Waals surface area contributed by atoms with E-state index in [2.05, 4.69) is 5.32 Å². The Balaban J connectivity index is 1.61. The van der Waals surface area contributed by atoms with Crippen LogP contribution in [0, 0.1) is 0 Å². The van der Waals surface area contributed by atoms with E-state index in [-0.39, 0.29) is 17.6 Å². The van der Waals surface area contributed by atoms with Crippen LogP contribution in [0.1, 0.15) is 12.5 Å². The molecule has 2 aromatic carbocycles. The zero-order valence-corrected chi connectivity index (χ0v) is 17.8. The molecule has 1 N–H and O–H groups in total. The van der Waals surface area contributed by atoms with Gasteiger partial charge in [0.15, 0.2) is 9.84 Å². The van der Waals surface area contributed by atoms with Crippen LogP contribution in [0.2, 0.25) is 0 Å². The average Bonchev–Trinajstić information content (AvgIpc) is 2.77. The molecule has 1 fully saturated rings. The molecular weight excluding hydrogens is 402 g/mol. The van der Waals surface area contributed by atoms with E-state index in [4.69, 9.17) is 0 Å². The number of hydrogen-bond donors (Lipinski definition) is 1. The second-order valence-corrected chi connectivity index (χ2v) is 9.47. The van der Waals surface area contributed by atoms with Crippen LogP contribution in [0.5, 0.6) is 0 Å². The Kier molecular flexibility index (Phi) is 7.23. The maximum atomic E-state index is 12.8. The second-order valence-electron chi connectivity index (χ2n) is 7.36. The lowest BCUT2D eigenvalue weighted by Gasteiger charge is -2.40. The van der Waals surface area contributed by atoms with Crippen LogP contribution in [0.25, 0.3) is 0 Å². The second kappa shape index (κ2) is 9.86. The lowest BCUT2D eigenvalue weighted by Crippen LogP contribution is -2.60. The fourth-order valence-corrected chi connectivity index (χ4v) is 4.85. The average molecular weight is 430 g/mol. The normalized spacial score (nSPS) is 17.5. The van der Waals surface area contributed by atoms with Crippen molar-refractivity contribution < 1.29 is 18.0 Å². The minimum absolute atomic E-state index is 0.0323. The molecule has 0 bridgehead atoms. The smallest absolute Gasteiger partial charge is 0.244 e. The predicted octanol–water partition coefficient (Wildman–Crippen LogP) is 1.31. The number of carbonyl (C=O) groups excluding carboxylic acids is 2. The van der Waals surface area contributed by atoms with Crippen molar-refractivity contribution in [2.75, 3.05) is 31.9 Å². The van der Waals surface area contributed by atoms with Gasteiger partial charge in [-0.1, -0.05) is 48.5 Å². The van der Waals surface area contributed by atoms with E-state index in [9.17, 15) is 18.0 Å². The van der Waals surface area contributed by atoms with E-state index in [0.717, 1.165) is 5.56 Å². The first-order valence-corrected chi connectivity index (χ1v) is 11.6. The molecule has 8 heteroatoms. The minimum atomic E-state index is -3.40. The minimum Gasteiger partial charge on any atom is -0.350 e. The molecule has 7 nitrogen and oxygen atoms in total. The zero-order valence-electron chi connectivity index (χ0n) is 17.0. The first-order valence-electron chi connectivity index (χ1n) is 9.96. The molecule has 1 saturated heterocycles. The number of nitrogens with one attached hydrogen (secondary N) is 1. The summed E-state index contributed by atoms with van der Waals surface area (Å²) in [7, 11) is -3.40. The fraction of sp³-hybridized carbons (Fsp3) is 0.364. The molecule has 0 aromatic heterocycles. The van der Waals surface area contributed by atoms with Gasteiger partial charge in [-0.15, -0.1) is 0 Å². The molecule has 1 unspecified atom stereocenters. The molecule has 0 saturated carbocycles. The van der Waals surface area contributed by atoms with Gasteiger partial charge in [-0.3, -0.25) is 14.5 Å². The number of piperazine rings is 1. The van der Waals surface area contributed by atoms with Gasteiger partial charge in [-0.05, 0) is 17.7 Å². The van der Waals surface area contributed by atoms with E-state index in [1.165, 1.54) is 6.92 Å². The Morgan fingerprint density at radius 3 is 2.27 bits per heavy atom. The van der Waals surface area contributed by atoms with Crippen LogP contribution in [-0.4, -0.2) is 68.0 Å². The topological polar surface area (TPSA) is 86.8 Å². The van der Waals surface area contributed by atoms with Crippen molar-refractivity contribution in [1.82, 2.24) is 15.1 Å². The molecule has 1 aliphatic rings. The summed E-state index contributed by atoms with van der Waals surface area (Å²) >= 11 is 0. The highest BCUT2D eigenvalue weighted by Gasteiger charge is 2.34. The molecular formula is C22H27N3O4S. The van der Waals surface area contributed by atoms with Crippen molar-refractivity contribution in [2.45, 2.75) is 24.4 Å². The Labute approximate surface area is 177 Å². The highest BCUT2D eigenvalue weighted by atomic mass is 32.2. The summed E-state index contributed by atoms with van der Waals surface area (Å²) in [5, 5.41) is 2.89. The van der Waals surface area contributed by atoms with Crippen molar-refractivity contribution in [2.24, 2.45) is 0 Å². The first-order chi connectivity index (χ1) is 14.4. The number of nitrogens with zero attached hydrogens (tertiary/aromatic N) is 2. The van der Waals surface area contributed by atoms with Crippen molar-refractivity contribution in [3.8, 4) is 0 Å². The predicted molar refractivity (Wildman–Crippen MR) is 114 cm³/mol. The Morgan fingerprint density at radius 1 is 1.00 bits per heavy atom. The Bertz CT molecular complexity index is 964. The van der Waals surface area contributed by atoms with E-state index < -0.39 is 15.9 Å². The highest BCUT2D eigenvalue weighted by molar-refractivity contribution is 7.91. The van der Waals surface area contributed by atoms with Gasteiger partial charge in [-0.25, -0.2) is 8.42 Å². The van der Waals surface area contributed by atoms with E-state index in [0.29, 0.717) is 37.6 Å². The molecule has 3 rings (SSSR count). The van der Waals surface area contributed by atoms with E-state index in [1.807, 2.05) is 35.2 Å². The molecule has 1 heterocycles. The van der Waals surface area contributed by atoms with Crippen LogP contribution in [-0.2, 0) is 26.0 Å². The third-order valence-corrected chi connectivity index (χ3v) is 6.97. The maximum absolute atomic E-state index is 12.8. The summed E-state index contributed by atoms with van der Waals surface area (Å²) in [5.41, 5.74) is 0.974. The summed E-state index contributed by atoms with van der Waals surface area (Å²) in [6.45, 7) is 3.38. The first kappa shape index (κ1) is 22.0. The van der Waals surface area contributed by atoms with E-state index >= 15 is 0 Å². The van der Waals surface area contributed by atoms with Crippen molar-refractivity contribution in [3.05, 3.63) is 66.2 Å². The molecule has 0 aliphatic carbocycles. The lowest BCUT2D eigenvalue weighted by atomic mass is 10.1. The van der Waals surface area contributed by atoms with Crippen LogP contribution < -0.4 is 5.32 Å². The number of amides is 2. The highest BCUT2D eigenvalue weighted by Crippen LogP contribution is 2.14. The third-order valence-electron chi connectivity index (χ3n) is 5.26. The van der Waals surface area contributed by atoms with Gasteiger partial charge in [0.05, 0.1) is 10.6 Å². The number of rotatable bonds is 7. The molecule has 1 aliphatic heterocycles. The summed E-state index contributed by atoms with van der Waals surface area (Å²) in [6, 6.07) is 17.3. The molecule has 1 atom stereocenters. The van der Waals surface area contributed by atoms with E-state index in [1.54, 1.807) is 35.2 Å². The monoisotopic (exact) mass is 429 g/mol. The van der Waals surface area contributed by atoms with Crippen LogP contribution in [0.4, 0.5) is 0 Å². The number of sulfone groups is 1. The van der Waals surface area contributed by atoms with Gasteiger partial charge in [0.25, 0.3) is 0 Å². The summed E-state index contributed by atoms with van der Waals surface area (Å²) < 4.78 is 25.1. The van der Waals surface area contributed by atoms with Gasteiger partial charge in [0.2, 0.25) is 11.8 Å². The lowest BCUT2D eigenvalue weighted by molar-refractivity contribution is -0.142. The Morgan fingerprint density at radius 2 is 1.63 bits per heavy atom. The molecule has 0 spiro atoms. The van der Waals surface area contributed by atoms with Crippen LogP contribution in [0.15, 0.2) is 65.6 Å². The van der Waals surface area contributed by atoms with Gasteiger partial charge in [0, 0.05) is 39.6 Å².